The fraction of sp³-hybridized carbons (Fsp3) is 0.947. The van der Waals surface area contributed by atoms with E-state index in [1.165, 1.54) is 14.0 Å². The number of aliphatic hydroxyl groups is 4. The topological polar surface area (TPSA) is 178 Å². The Balaban J connectivity index is 2.14. The Labute approximate surface area is 311 Å². The van der Waals surface area contributed by atoms with E-state index in [2.05, 4.69) is 0 Å². The molecule has 0 amide bonds. The lowest BCUT2D eigenvalue weighted by atomic mass is 9.78. The molecule has 3 aliphatic rings. The summed E-state index contributed by atoms with van der Waals surface area (Å²) in [6.07, 6.45) is -7.25. The van der Waals surface area contributed by atoms with E-state index < -0.39 is 90.2 Å². The highest BCUT2D eigenvalue weighted by Gasteiger charge is 2.54. The van der Waals surface area contributed by atoms with Gasteiger partial charge in [0.05, 0.1) is 60.1 Å². The number of carbonyl (C=O) groups is 1. The van der Waals surface area contributed by atoms with E-state index in [9.17, 15) is 25.2 Å². The third-order valence-corrected chi connectivity index (χ3v) is 11.5. The molecule has 14 nitrogen and oxygen atoms in total. The Morgan fingerprint density at radius 1 is 1.02 bits per heavy atom. The Kier molecular flexibility index (Phi) is 15.9. The Bertz CT molecular complexity index is 1170. The summed E-state index contributed by atoms with van der Waals surface area (Å²) in [5.74, 6) is -2.32. The lowest BCUT2D eigenvalue weighted by Gasteiger charge is -2.50. The van der Waals surface area contributed by atoms with Crippen LogP contribution in [-0.4, -0.2) is 149 Å². The van der Waals surface area contributed by atoms with Crippen LogP contribution in [-0.2, 0) is 38.0 Å². The van der Waals surface area contributed by atoms with E-state index in [4.69, 9.17) is 38.2 Å². The molecule has 0 aromatic heterocycles. The van der Waals surface area contributed by atoms with Crippen LogP contribution >= 0.6 is 0 Å². The Morgan fingerprint density at radius 2 is 1.65 bits per heavy atom. The molecule has 0 saturated carbocycles. The molecule has 18 atom stereocenters. The highest BCUT2D eigenvalue weighted by atomic mass is 16.7. The molecule has 0 aliphatic carbocycles. The molecule has 304 valence electrons. The summed E-state index contributed by atoms with van der Waals surface area (Å²) in [6, 6.07) is -0.534. The molecular formula is C38H70N2O12. The zero-order chi connectivity index (χ0) is 39.5. The minimum Gasteiger partial charge on any atom is -0.472 e. The van der Waals surface area contributed by atoms with Gasteiger partial charge in [0, 0.05) is 31.9 Å². The first-order chi connectivity index (χ1) is 24.1. The van der Waals surface area contributed by atoms with Crippen LogP contribution in [0, 0.1) is 17.8 Å². The van der Waals surface area contributed by atoms with Crippen LogP contribution in [0.1, 0.15) is 102 Å². The number of carbonyl (C=O) groups excluding carboxylic acids is 1. The van der Waals surface area contributed by atoms with Crippen LogP contribution < -0.4 is 0 Å². The highest BCUT2D eigenvalue weighted by molar-refractivity contribution is 5.80. The zero-order valence-corrected chi connectivity index (χ0v) is 34.0. The number of ether oxygens (including phenoxy) is 7. The quantitative estimate of drug-likeness (QED) is 0.170. The normalized spacial score (nSPS) is 38.9. The molecule has 17 unspecified atom stereocenters. The average Bonchev–Trinajstić information content (AvgIpc) is 3.07. The molecule has 2 fully saturated rings. The third-order valence-electron chi connectivity index (χ3n) is 11.5. The van der Waals surface area contributed by atoms with Crippen LogP contribution in [0.25, 0.3) is 0 Å². The maximum atomic E-state index is 13.8. The lowest BCUT2D eigenvalue weighted by Crippen LogP contribution is -2.62. The summed E-state index contributed by atoms with van der Waals surface area (Å²) in [5, 5.41) is 43.6. The second-order valence-electron chi connectivity index (χ2n) is 16.4. The van der Waals surface area contributed by atoms with Crippen molar-refractivity contribution in [3.63, 3.8) is 0 Å². The largest absolute Gasteiger partial charge is 0.472 e. The van der Waals surface area contributed by atoms with E-state index in [-0.39, 0.29) is 36.6 Å². The van der Waals surface area contributed by atoms with Gasteiger partial charge in [-0.2, -0.15) is 0 Å². The van der Waals surface area contributed by atoms with Gasteiger partial charge in [0.25, 0.3) is 0 Å². The number of aliphatic imine (C=N–C) groups is 1. The summed E-state index contributed by atoms with van der Waals surface area (Å²) in [6.45, 7) is 20.0. The van der Waals surface area contributed by atoms with Gasteiger partial charge in [0.15, 0.2) is 18.5 Å². The van der Waals surface area contributed by atoms with Gasteiger partial charge in [-0.05, 0) is 82.3 Å². The number of hydrogen-bond donors (Lipinski definition) is 4. The van der Waals surface area contributed by atoms with Crippen molar-refractivity contribution >= 4 is 11.9 Å². The minimum atomic E-state index is -1.15. The van der Waals surface area contributed by atoms with E-state index in [0.29, 0.717) is 19.3 Å². The van der Waals surface area contributed by atoms with Gasteiger partial charge in [-0.15, -0.1) is 0 Å². The molecule has 0 aromatic carbocycles. The Morgan fingerprint density at radius 3 is 2.21 bits per heavy atom. The molecule has 52 heavy (non-hydrogen) atoms. The van der Waals surface area contributed by atoms with Gasteiger partial charge in [0.1, 0.15) is 23.9 Å². The number of nitrogens with zero attached hydrogens (tertiary/aromatic N) is 2. The molecule has 0 spiro atoms. The third kappa shape index (κ3) is 10.4. The molecule has 0 radical (unpaired) electrons. The predicted octanol–water partition coefficient (Wildman–Crippen LogP) is 3.04. The summed E-state index contributed by atoms with van der Waals surface area (Å²) >= 11 is 0. The molecule has 4 N–H and O–H groups in total. The van der Waals surface area contributed by atoms with Crippen LogP contribution in [0.4, 0.5) is 0 Å². The summed E-state index contributed by atoms with van der Waals surface area (Å²) in [5.41, 5.74) is -2.14. The molecule has 3 rings (SSSR count). The Hall–Kier alpha value is -1.46. The molecule has 2 saturated heterocycles. The maximum Gasteiger partial charge on any atom is 0.311 e. The monoisotopic (exact) mass is 746 g/mol. The van der Waals surface area contributed by atoms with Crippen molar-refractivity contribution in [3.05, 3.63) is 0 Å². The lowest BCUT2D eigenvalue weighted by molar-refractivity contribution is -0.317. The first kappa shape index (κ1) is 44.9. The molecule has 14 heteroatoms. The predicted molar refractivity (Wildman–Crippen MR) is 195 cm³/mol. The van der Waals surface area contributed by atoms with Crippen molar-refractivity contribution in [1.82, 2.24) is 4.90 Å². The van der Waals surface area contributed by atoms with Crippen molar-refractivity contribution in [3.8, 4) is 0 Å². The molecule has 3 aliphatic heterocycles. The number of methoxy groups -OCH3 is 1. The maximum absolute atomic E-state index is 13.8. The van der Waals surface area contributed by atoms with Crippen molar-refractivity contribution in [2.24, 2.45) is 22.7 Å². The standard InChI is InChI=1S/C38H70N2O12/c1-15-20(3)47-35(45)24(7)31(50-28-18-37(10,46-14)32(44)26(9)49-28)23(6)33(51-36-30(43)27(40(12)13)16-21(4)48-36)38(11)17-19(2)39-34(52-38)22(5)29(42)25(8)41/h19-33,36,41-44H,15-18H2,1-14H3/t19?,20-,21?,22?,23?,24?,25?,26?,27?,28?,29?,30?,31?,32?,33?,36?,37?,38?/m1/s1. The number of likely N-dealkylation sites (N-methyl/N-ethyl adjacent to an activating group) is 1. The number of aliphatic hydroxyl groups excluding tert-OH is 4. The summed E-state index contributed by atoms with van der Waals surface area (Å²) in [4.78, 5) is 20.5. The molecular weight excluding hydrogens is 676 g/mol. The van der Waals surface area contributed by atoms with Gasteiger partial charge in [-0.1, -0.05) is 20.8 Å². The number of rotatable bonds is 16. The molecule has 0 aromatic rings. The zero-order valence-electron chi connectivity index (χ0n) is 34.0. The van der Waals surface area contributed by atoms with E-state index in [1.54, 1.807) is 27.7 Å². The van der Waals surface area contributed by atoms with Crippen molar-refractivity contribution in [2.75, 3.05) is 21.2 Å². The second kappa shape index (κ2) is 18.4. The van der Waals surface area contributed by atoms with Gasteiger partial charge in [-0.3, -0.25) is 9.79 Å². The first-order valence-electron chi connectivity index (χ1n) is 19.1. The first-order valence-corrected chi connectivity index (χ1v) is 19.1. The fourth-order valence-corrected chi connectivity index (χ4v) is 7.89. The van der Waals surface area contributed by atoms with Crippen molar-refractivity contribution in [2.45, 2.75) is 193 Å². The SMILES string of the molecule is CC[C@@H](C)OC(=O)C(C)C(OC1CC(C)(OC)C(O)C(C)O1)C(C)C(OC1OC(C)CC(N(C)C)C1O)C1(C)CC(C)N=C(C(C)C(O)C(C)O)O1. The highest BCUT2D eigenvalue weighted by Crippen LogP contribution is 2.42. The van der Waals surface area contributed by atoms with Gasteiger partial charge >= 0.3 is 5.97 Å². The fourth-order valence-electron chi connectivity index (χ4n) is 7.89. The van der Waals surface area contributed by atoms with Gasteiger partial charge in [-0.25, -0.2) is 0 Å². The summed E-state index contributed by atoms with van der Waals surface area (Å²) < 4.78 is 44.5. The van der Waals surface area contributed by atoms with E-state index in [0.717, 1.165) is 0 Å². The van der Waals surface area contributed by atoms with Crippen LogP contribution in [0.2, 0.25) is 0 Å². The smallest absolute Gasteiger partial charge is 0.311 e. The van der Waals surface area contributed by atoms with Crippen LogP contribution in [0.5, 0.6) is 0 Å². The summed E-state index contributed by atoms with van der Waals surface area (Å²) in [7, 11) is 5.33. The average molecular weight is 747 g/mol. The van der Waals surface area contributed by atoms with E-state index >= 15 is 0 Å². The molecule has 0 bridgehead atoms. The van der Waals surface area contributed by atoms with Crippen LogP contribution in [0.3, 0.4) is 0 Å². The van der Waals surface area contributed by atoms with E-state index in [1.807, 2.05) is 60.5 Å². The number of esters is 1. The second-order valence-corrected chi connectivity index (χ2v) is 16.4. The van der Waals surface area contributed by atoms with Gasteiger partial charge < -0.3 is 58.5 Å². The minimum absolute atomic E-state index is 0.180. The van der Waals surface area contributed by atoms with Gasteiger partial charge in [0.2, 0.25) is 0 Å². The molecule has 3 heterocycles. The van der Waals surface area contributed by atoms with Crippen molar-refractivity contribution < 1.29 is 58.4 Å². The number of hydrogen-bond acceptors (Lipinski definition) is 14. The van der Waals surface area contributed by atoms with Crippen LogP contribution in [0.15, 0.2) is 4.99 Å². The van der Waals surface area contributed by atoms with Crippen molar-refractivity contribution in [1.29, 1.82) is 0 Å².